The Kier molecular flexibility index (Phi) is 7.39. The van der Waals surface area contributed by atoms with E-state index in [1.165, 1.54) is 24.3 Å². The van der Waals surface area contributed by atoms with Gasteiger partial charge >= 0.3 is 11.9 Å². The summed E-state index contributed by atoms with van der Waals surface area (Å²) in [5.41, 5.74) is 3.37. The van der Waals surface area contributed by atoms with Crippen molar-refractivity contribution < 1.29 is 24.6 Å². The van der Waals surface area contributed by atoms with E-state index in [9.17, 15) is 19.5 Å². The largest absolute Gasteiger partial charge is 0.481 e. The molecule has 6 nitrogen and oxygen atoms in total. The van der Waals surface area contributed by atoms with Crippen molar-refractivity contribution in [3.63, 3.8) is 0 Å². The Balaban J connectivity index is 1.77. The molecule has 1 unspecified atom stereocenters. The van der Waals surface area contributed by atoms with E-state index in [2.05, 4.69) is 5.32 Å². The second-order valence-electron chi connectivity index (χ2n) is 7.80. The number of carboxylic acids is 2. The second-order valence-corrected chi connectivity index (χ2v) is 7.80. The highest BCUT2D eigenvalue weighted by Crippen LogP contribution is 2.21. The van der Waals surface area contributed by atoms with Crippen molar-refractivity contribution in [2.24, 2.45) is 5.92 Å². The van der Waals surface area contributed by atoms with Crippen LogP contribution in [0.5, 0.6) is 0 Å². The molecule has 6 heteroatoms. The highest BCUT2D eigenvalue weighted by Gasteiger charge is 2.21. The van der Waals surface area contributed by atoms with E-state index in [-0.39, 0.29) is 17.5 Å². The number of carbonyl (C=O) groups excluding carboxylic acids is 1. The SMILES string of the molecule is C[C@H](CC(Cc1ccc(-c2ccccc2)cc1)NC(=O)c1cccc(C(=O)O)c1)C(=O)O. The summed E-state index contributed by atoms with van der Waals surface area (Å²) in [5, 5.41) is 21.4. The molecule has 0 saturated carbocycles. The summed E-state index contributed by atoms with van der Waals surface area (Å²) in [6.07, 6.45) is 0.706. The fraction of sp³-hybridized carbons (Fsp3) is 0.192. The van der Waals surface area contributed by atoms with E-state index < -0.39 is 29.8 Å². The van der Waals surface area contributed by atoms with Gasteiger partial charge in [0.15, 0.2) is 0 Å². The van der Waals surface area contributed by atoms with Gasteiger partial charge in [-0.25, -0.2) is 4.79 Å². The van der Waals surface area contributed by atoms with Crippen LogP contribution in [0.3, 0.4) is 0 Å². The van der Waals surface area contributed by atoms with Crippen molar-refractivity contribution in [3.8, 4) is 11.1 Å². The molecule has 1 amide bonds. The van der Waals surface area contributed by atoms with Crippen LogP contribution in [0.4, 0.5) is 0 Å². The summed E-state index contributed by atoms with van der Waals surface area (Å²) in [7, 11) is 0. The highest BCUT2D eigenvalue weighted by molar-refractivity contribution is 5.97. The molecule has 3 aromatic rings. The molecule has 164 valence electrons. The Labute approximate surface area is 186 Å². The molecule has 0 aliphatic heterocycles. The van der Waals surface area contributed by atoms with Crippen molar-refractivity contribution in [1.29, 1.82) is 0 Å². The molecular formula is C26H25NO5. The van der Waals surface area contributed by atoms with Crippen LogP contribution in [-0.4, -0.2) is 34.1 Å². The lowest BCUT2D eigenvalue weighted by molar-refractivity contribution is -0.141. The molecule has 0 bridgehead atoms. The lowest BCUT2D eigenvalue weighted by Crippen LogP contribution is -2.38. The number of carboxylic acid groups (broad SMARTS) is 2. The fourth-order valence-corrected chi connectivity index (χ4v) is 3.53. The number of amides is 1. The molecular weight excluding hydrogens is 406 g/mol. The predicted octanol–water partition coefficient (Wildman–Crippen LogP) is 4.50. The minimum Gasteiger partial charge on any atom is -0.481 e. The molecule has 3 aromatic carbocycles. The summed E-state index contributed by atoms with van der Waals surface area (Å²) >= 11 is 0. The lowest BCUT2D eigenvalue weighted by Gasteiger charge is -2.21. The molecule has 0 spiro atoms. The molecule has 3 rings (SSSR count). The van der Waals surface area contributed by atoms with Gasteiger partial charge in [-0.3, -0.25) is 9.59 Å². The Morgan fingerprint density at radius 1 is 0.812 bits per heavy atom. The molecule has 0 saturated heterocycles. The molecule has 0 aliphatic rings. The number of nitrogens with one attached hydrogen (secondary N) is 1. The molecule has 0 aliphatic carbocycles. The summed E-state index contributed by atoms with van der Waals surface area (Å²) in [5.74, 6) is -3.13. The molecule has 0 aromatic heterocycles. The molecule has 0 fully saturated rings. The normalized spacial score (nSPS) is 12.5. The lowest BCUT2D eigenvalue weighted by atomic mass is 9.94. The van der Waals surface area contributed by atoms with Crippen molar-refractivity contribution in [2.75, 3.05) is 0 Å². The third-order valence-corrected chi connectivity index (χ3v) is 5.31. The van der Waals surface area contributed by atoms with Gasteiger partial charge in [0.25, 0.3) is 5.91 Å². The number of hydrogen-bond acceptors (Lipinski definition) is 3. The van der Waals surface area contributed by atoms with E-state index in [4.69, 9.17) is 5.11 Å². The average molecular weight is 431 g/mol. The summed E-state index contributed by atoms with van der Waals surface area (Å²) < 4.78 is 0. The summed E-state index contributed by atoms with van der Waals surface area (Å²) in [6.45, 7) is 1.60. The average Bonchev–Trinajstić information content (AvgIpc) is 2.80. The molecule has 0 heterocycles. The first kappa shape index (κ1) is 22.7. The maximum absolute atomic E-state index is 12.8. The van der Waals surface area contributed by atoms with Crippen LogP contribution in [0.2, 0.25) is 0 Å². The first-order chi connectivity index (χ1) is 15.3. The third kappa shape index (κ3) is 6.04. The summed E-state index contributed by atoms with van der Waals surface area (Å²) in [4.78, 5) is 35.3. The van der Waals surface area contributed by atoms with Crippen molar-refractivity contribution >= 4 is 17.8 Å². The van der Waals surface area contributed by atoms with Crippen molar-refractivity contribution in [3.05, 3.63) is 95.6 Å². The number of rotatable bonds is 9. The molecule has 2 atom stereocenters. The van der Waals surface area contributed by atoms with Gasteiger partial charge in [0, 0.05) is 11.6 Å². The smallest absolute Gasteiger partial charge is 0.335 e. The minimum absolute atomic E-state index is 0.0182. The fourth-order valence-electron chi connectivity index (χ4n) is 3.53. The first-order valence-corrected chi connectivity index (χ1v) is 10.3. The van der Waals surface area contributed by atoms with E-state index in [1.807, 2.05) is 54.6 Å². The van der Waals surface area contributed by atoms with Gasteiger partial charge in [0.05, 0.1) is 11.5 Å². The molecule has 3 N–H and O–H groups in total. The zero-order valence-corrected chi connectivity index (χ0v) is 17.7. The standard InChI is InChI=1S/C26H25NO5/c1-17(25(29)30)14-23(27-24(28)21-8-5-9-22(16-21)26(31)32)15-18-10-12-20(13-11-18)19-6-3-2-4-7-19/h2-13,16-17,23H,14-15H2,1H3,(H,27,28)(H,29,30)(H,31,32)/t17-,23?/m1/s1. The summed E-state index contributed by atoms with van der Waals surface area (Å²) in [6, 6.07) is 23.2. The predicted molar refractivity (Wildman–Crippen MR) is 122 cm³/mol. The second kappa shape index (κ2) is 10.4. The maximum Gasteiger partial charge on any atom is 0.335 e. The number of aromatic carboxylic acids is 1. The minimum atomic E-state index is -1.12. The Morgan fingerprint density at radius 2 is 1.44 bits per heavy atom. The molecule has 0 radical (unpaired) electrons. The zero-order chi connectivity index (χ0) is 23.1. The van der Waals surface area contributed by atoms with Crippen LogP contribution in [0.1, 0.15) is 39.6 Å². The van der Waals surface area contributed by atoms with E-state index in [0.717, 1.165) is 16.7 Å². The Bertz CT molecular complexity index is 1090. The van der Waals surface area contributed by atoms with Crippen LogP contribution in [0.15, 0.2) is 78.9 Å². The number of aliphatic carboxylic acids is 1. The maximum atomic E-state index is 12.8. The van der Waals surface area contributed by atoms with Crippen LogP contribution < -0.4 is 5.32 Å². The first-order valence-electron chi connectivity index (χ1n) is 10.3. The van der Waals surface area contributed by atoms with Crippen molar-refractivity contribution in [1.82, 2.24) is 5.32 Å². The van der Waals surface area contributed by atoms with E-state index >= 15 is 0 Å². The highest BCUT2D eigenvalue weighted by atomic mass is 16.4. The van der Waals surface area contributed by atoms with Crippen LogP contribution in [0, 0.1) is 5.92 Å². The zero-order valence-electron chi connectivity index (χ0n) is 17.7. The third-order valence-electron chi connectivity index (χ3n) is 5.31. The van der Waals surface area contributed by atoms with Gasteiger partial charge in [-0.15, -0.1) is 0 Å². The molecule has 32 heavy (non-hydrogen) atoms. The van der Waals surface area contributed by atoms with Gasteiger partial charge < -0.3 is 15.5 Å². The van der Waals surface area contributed by atoms with Crippen molar-refractivity contribution in [2.45, 2.75) is 25.8 Å². The van der Waals surface area contributed by atoms with Crippen LogP contribution >= 0.6 is 0 Å². The van der Waals surface area contributed by atoms with Gasteiger partial charge in [0.1, 0.15) is 0 Å². The van der Waals surface area contributed by atoms with Gasteiger partial charge in [-0.2, -0.15) is 0 Å². The van der Waals surface area contributed by atoms with Gasteiger partial charge in [-0.1, -0.05) is 67.6 Å². The topological polar surface area (TPSA) is 104 Å². The van der Waals surface area contributed by atoms with Crippen LogP contribution in [-0.2, 0) is 11.2 Å². The monoisotopic (exact) mass is 431 g/mol. The Hall–Kier alpha value is -3.93. The number of benzene rings is 3. The van der Waals surface area contributed by atoms with Gasteiger partial charge in [0.2, 0.25) is 0 Å². The van der Waals surface area contributed by atoms with Gasteiger partial charge in [-0.05, 0) is 47.7 Å². The van der Waals surface area contributed by atoms with Crippen LogP contribution in [0.25, 0.3) is 11.1 Å². The number of hydrogen-bond donors (Lipinski definition) is 3. The van der Waals surface area contributed by atoms with E-state index in [1.54, 1.807) is 6.92 Å². The quantitative estimate of drug-likeness (QED) is 0.463. The Morgan fingerprint density at radius 3 is 2.06 bits per heavy atom. The number of carbonyl (C=O) groups is 3. The van der Waals surface area contributed by atoms with E-state index in [0.29, 0.717) is 6.42 Å².